The average molecular weight is 220 g/mol. The van der Waals surface area contributed by atoms with E-state index < -0.39 is 0 Å². The summed E-state index contributed by atoms with van der Waals surface area (Å²) in [6, 6.07) is 4.23. The highest BCUT2D eigenvalue weighted by atomic mass is 16.5. The summed E-state index contributed by atoms with van der Waals surface area (Å²) in [5.74, 6) is 1.59. The summed E-state index contributed by atoms with van der Waals surface area (Å²) in [6.45, 7) is 4.30. The molecule has 0 aliphatic carbocycles. The Morgan fingerprint density at radius 1 is 1.50 bits per heavy atom. The third kappa shape index (κ3) is 1.62. The number of aromatic nitrogens is 1. The lowest BCUT2D eigenvalue weighted by Gasteiger charge is -2.35. The van der Waals surface area contributed by atoms with Crippen molar-refractivity contribution >= 4 is 11.6 Å². The maximum absolute atomic E-state index is 5.76. The number of anilines is 2. The van der Waals surface area contributed by atoms with Crippen LogP contribution in [-0.2, 0) is 11.3 Å². The number of piperazine rings is 1. The Morgan fingerprint density at radius 2 is 2.44 bits per heavy atom. The third-order valence-electron chi connectivity index (χ3n) is 3.17. The first-order chi connectivity index (χ1) is 7.84. The van der Waals surface area contributed by atoms with Gasteiger partial charge in [0.1, 0.15) is 11.6 Å². The Balaban J connectivity index is 2.02. The molecule has 5 nitrogen and oxygen atoms in total. The Kier molecular flexibility index (Phi) is 2.41. The number of hydrogen-bond acceptors (Lipinski definition) is 5. The molecule has 86 valence electrons. The standard InChI is InChI=1S/C11H16N4O/c12-10-2-1-8-6-16-7-9-5-13-3-4-15(9)11(8)14-10/h1-2,9,13H,3-7H2,(H2,12,14). The van der Waals surface area contributed by atoms with Crippen molar-refractivity contribution in [3.63, 3.8) is 0 Å². The number of rotatable bonds is 0. The lowest BCUT2D eigenvalue weighted by atomic mass is 10.2. The largest absolute Gasteiger partial charge is 0.384 e. The minimum atomic E-state index is 0.379. The van der Waals surface area contributed by atoms with Crippen molar-refractivity contribution in [1.29, 1.82) is 0 Å². The van der Waals surface area contributed by atoms with E-state index in [9.17, 15) is 0 Å². The quantitative estimate of drug-likeness (QED) is 0.643. The number of fused-ring (bicyclic) bond motifs is 3. The molecule has 0 radical (unpaired) electrons. The summed E-state index contributed by atoms with van der Waals surface area (Å²) in [7, 11) is 0. The molecule has 1 aromatic rings. The highest BCUT2D eigenvalue weighted by Crippen LogP contribution is 2.26. The SMILES string of the molecule is Nc1ccc2c(n1)N1CCNCC1COC2. The number of ether oxygens (including phenoxy) is 1. The molecule has 1 aromatic heterocycles. The van der Waals surface area contributed by atoms with Gasteiger partial charge in [-0.1, -0.05) is 0 Å². The van der Waals surface area contributed by atoms with E-state index in [1.54, 1.807) is 0 Å². The van der Waals surface area contributed by atoms with Crippen molar-refractivity contribution in [2.24, 2.45) is 0 Å². The molecule has 1 fully saturated rings. The second-order valence-electron chi connectivity index (χ2n) is 4.29. The first-order valence-corrected chi connectivity index (χ1v) is 5.65. The van der Waals surface area contributed by atoms with Crippen molar-refractivity contribution in [3.8, 4) is 0 Å². The normalized spacial score (nSPS) is 24.5. The van der Waals surface area contributed by atoms with E-state index in [0.717, 1.165) is 37.6 Å². The molecule has 3 heterocycles. The van der Waals surface area contributed by atoms with Crippen LogP contribution in [0.15, 0.2) is 12.1 Å². The molecule has 0 aromatic carbocycles. The van der Waals surface area contributed by atoms with E-state index in [1.807, 2.05) is 12.1 Å². The predicted octanol–water partition coefficient (Wildman–Crippen LogP) is -0.0278. The van der Waals surface area contributed by atoms with Gasteiger partial charge in [0.2, 0.25) is 0 Å². The van der Waals surface area contributed by atoms with Crippen LogP contribution in [0.1, 0.15) is 5.56 Å². The maximum Gasteiger partial charge on any atom is 0.136 e. The number of nitrogen functional groups attached to an aromatic ring is 1. The fourth-order valence-electron chi connectivity index (χ4n) is 2.35. The van der Waals surface area contributed by atoms with Crippen LogP contribution in [0.2, 0.25) is 0 Å². The van der Waals surface area contributed by atoms with Crippen molar-refractivity contribution in [3.05, 3.63) is 17.7 Å². The zero-order valence-corrected chi connectivity index (χ0v) is 9.15. The molecule has 1 atom stereocenters. The highest BCUT2D eigenvalue weighted by Gasteiger charge is 2.28. The summed E-state index contributed by atoms with van der Waals surface area (Å²) >= 11 is 0. The highest BCUT2D eigenvalue weighted by molar-refractivity contribution is 5.53. The van der Waals surface area contributed by atoms with Crippen LogP contribution in [0.5, 0.6) is 0 Å². The number of nitrogens with one attached hydrogen (secondary N) is 1. The minimum Gasteiger partial charge on any atom is -0.384 e. The third-order valence-corrected chi connectivity index (χ3v) is 3.17. The first kappa shape index (κ1) is 9.86. The predicted molar refractivity (Wildman–Crippen MR) is 62.3 cm³/mol. The molecule has 0 amide bonds. The van der Waals surface area contributed by atoms with Crippen molar-refractivity contribution in [2.45, 2.75) is 12.6 Å². The molecule has 0 bridgehead atoms. The van der Waals surface area contributed by atoms with E-state index >= 15 is 0 Å². The van der Waals surface area contributed by atoms with Gasteiger partial charge in [0.05, 0.1) is 19.3 Å². The second kappa shape index (κ2) is 3.92. The number of pyridine rings is 1. The van der Waals surface area contributed by atoms with E-state index in [-0.39, 0.29) is 0 Å². The molecule has 0 saturated carbocycles. The summed E-state index contributed by atoms with van der Waals surface area (Å²) in [6.07, 6.45) is 0. The van der Waals surface area contributed by atoms with E-state index in [0.29, 0.717) is 18.5 Å². The van der Waals surface area contributed by atoms with Crippen molar-refractivity contribution in [2.75, 3.05) is 36.9 Å². The second-order valence-corrected chi connectivity index (χ2v) is 4.29. The van der Waals surface area contributed by atoms with E-state index in [2.05, 4.69) is 15.2 Å². The van der Waals surface area contributed by atoms with Crippen LogP contribution >= 0.6 is 0 Å². The molecule has 3 rings (SSSR count). The molecule has 3 N–H and O–H groups in total. The van der Waals surface area contributed by atoms with Gasteiger partial charge in [-0.15, -0.1) is 0 Å². The minimum absolute atomic E-state index is 0.379. The summed E-state index contributed by atoms with van der Waals surface area (Å²) in [5, 5.41) is 3.38. The first-order valence-electron chi connectivity index (χ1n) is 5.65. The Hall–Kier alpha value is -1.33. The summed E-state index contributed by atoms with van der Waals surface area (Å²) in [4.78, 5) is 6.77. The topological polar surface area (TPSA) is 63.4 Å². The average Bonchev–Trinajstić information content (AvgIpc) is 2.48. The van der Waals surface area contributed by atoms with Gasteiger partial charge in [-0.05, 0) is 12.1 Å². The number of nitrogens with zero attached hydrogens (tertiary/aromatic N) is 2. The van der Waals surface area contributed by atoms with Gasteiger partial charge < -0.3 is 20.7 Å². The molecule has 2 aliphatic heterocycles. The van der Waals surface area contributed by atoms with Gasteiger partial charge in [0.25, 0.3) is 0 Å². The molecule has 16 heavy (non-hydrogen) atoms. The monoisotopic (exact) mass is 220 g/mol. The maximum atomic E-state index is 5.76. The summed E-state index contributed by atoms with van der Waals surface area (Å²) < 4.78 is 5.67. The molecule has 0 spiro atoms. The van der Waals surface area contributed by atoms with Crippen LogP contribution in [-0.4, -0.2) is 37.3 Å². The Bertz CT molecular complexity index is 396. The number of nitrogens with two attached hydrogens (primary N) is 1. The molecule has 1 unspecified atom stereocenters. The van der Waals surface area contributed by atoms with Crippen LogP contribution in [0, 0.1) is 0 Å². The lowest BCUT2D eigenvalue weighted by Crippen LogP contribution is -2.53. The Morgan fingerprint density at radius 3 is 3.38 bits per heavy atom. The van der Waals surface area contributed by atoms with Gasteiger partial charge in [-0.2, -0.15) is 0 Å². The molecule has 2 aliphatic rings. The van der Waals surface area contributed by atoms with Gasteiger partial charge >= 0.3 is 0 Å². The summed E-state index contributed by atoms with van der Waals surface area (Å²) in [5.41, 5.74) is 6.90. The van der Waals surface area contributed by atoms with Crippen LogP contribution in [0.25, 0.3) is 0 Å². The lowest BCUT2D eigenvalue weighted by molar-refractivity contribution is 0.109. The Labute approximate surface area is 94.6 Å². The zero-order chi connectivity index (χ0) is 11.0. The van der Waals surface area contributed by atoms with Crippen molar-refractivity contribution in [1.82, 2.24) is 10.3 Å². The molecular weight excluding hydrogens is 204 g/mol. The van der Waals surface area contributed by atoms with Crippen LogP contribution in [0.3, 0.4) is 0 Å². The van der Waals surface area contributed by atoms with Gasteiger partial charge in [-0.3, -0.25) is 0 Å². The smallest absolute Gasteiger partial charge is 0.136 e. The molecule has 5 heteroatoms. The van der Waals surface area contributed by atoms with Gasteiger partial charge in [0, 0.05) is 25.2 Å². The molecule has 1 saturated heterocycles. The number of hydrogen-bond donors (Lipinski definition) is 2. The fraction of sp³-hybridized carbons (Fsp3) is 0.545. The fourth-order valence-corrected chi connectivity index (χ4v) is 2.35. The van der Waals surface area contributed by atoms with E-state index in [1.165, 1.54) is 0 Å². The van der Waals surface area contributed by atoms with Crippen molar-refractivity contribution < 1.29 is 4.74 Å². The van der Waals surface area contributed by atoms with Crippen LogP contribution < -0.4 is 16.0 Å². The van der Waals surface area contributed by atoms with Crippen LogP contribution in [0.4, 0.5) is 11.6 Å². The zero-order valence-electron chi connectivity index (χ0n) is 9.15. The van der Waals surface area contributed by atoms with Gasteiger partial charge in [0.15, 0.2) is 0 Å². The van der Waals surface area contributed by atoms with Gasteiger partial charge in [-0.25, -0.2) is 4.98 Å². The molecular formula is C11H16N4O. The van der Waals surface area contributed by atoms with E-state index in [4.69, 9.17) is 10.5 Å².